The van der Waals surface area contributed by atoms with Crippen molar-refractivity contribution in [3.05, 3.63) is 51.7 Å². The van der Waals surface area contributed by atoms with Crippen molar-refractivity contribution in [2.24, 2.45) is 5.92 Å². The zero-order chi connectivity index (χ0) is 16.9. The van der Waals surface area contributed by atoms with E-state index in [0.29, 0.717) is 17.2 Å². The highest BCUT2D eigenvalue weighted by molar-refractivity contribution is 7.13. The van der Waals surface area contributed by atoms with Gasteiger partial charge in [0.15, 0.2) is 0 Å². The third kappa shape index (κ3) is 4.39. The van der Waals surface area contributed by atoms with E-state index < -0.39 is 6.10 Å². The molecule has 1 saturated carbocycles. The monoisotopic (exact) mass is 348 g/mol. The summed E-state index contributed by atoms with van der Waals surface area (Å²) < 4.78 is 12.9. The van der Waals surface area contributed by atoms with E-state index in [4.69, 9.17) is 0 Å². The number of hydrogen-bond donors (Lipinski definition) is 2. The standard InChI is InChI=1S/C18H21FN2O2S/c19-14-7-5-12(6-8-14)9-17-20-11-16(24-17)18(23)21-10-15(22)13-3-1-2-4-13/h5-8,11,13,15,22H,1-4,9-10H2,(H,21,23). The van der Waals surface area contributed by atoms with E-state index in [1.807, 2.05) is 0 Å². The van der Waals surface area contributed by atoms with Crippen LogP contribution in [-0.4, -0.2) is 28.6 Å². The van der Waals surface area contributed by atoms with Crippen LogP contribution in [0.15, 0.2) is 30.5 Å². The van der Waals surface area contributed by atoms with Crippen LogP contribution in [0.5, 0.6) is 0 Å². The summed E-state index contributed by atoms with van der Waals surface area (Å²) >= 11 is 1.33. The SMILES string of the molecule is O=C(NCC(O)C1CCCC1)c1cnc(Cc2ccc(F)cc2)s1. The van der Waals surface area contributed by atoms with E-state index in [1.165, 1.54) is 23.5 Å². The quantitative estimate of drug-likeness (QED) is 0.843. The average Bonchev–Trinajstić information content (AvgIpc) is 3.26. The Kier molecular flexibility index (Phi) is 5.58. The normalized spacial score (nSPS) is 16.2. The second-order valence-corrected chi connectivity index (χ2v) is 7.36. The van der Waals surface area contributed by atoms with Gasteiger partial charge in [0.25, 0.3) is 5.91 Å². The van der Waals surface area contributed by atoms with Crippen LogP contribution in [0.2, 0.25) is 0 Å². The zero-order valence-electron chi connectivity index (χ0n) is 13.4. The Bertz CT molecular complexity index is 681. The number of nitrogens with one attached hydrogen (secondary N) is 1. The largest absolute Gasteiger partial charge is 0.391 e. The lowest BCUT2D eigenvalue weighted by molar-refractivity contribution is 0.0843. The minimum absolute atomic E-state index is 0.199. The summed E-state index contributed by atoms with van der Waals surface area (Å²) in [5.41, 5.74) is 0.953. The van der Waals surface area contributed by atoms with E-state index in [0.717, 1.165) is 36.3 Å². The molecule has 2 aromatic rings. The molecule has 4 nitrogen and oxygen atoms in total. The number of nitrogens with zero attached hydrogens (tertiary/aromatic N) is 1. The highest BCUT2D eigenvalue weighted by Gasteiger charge is 2.23. The topological polar surface area (TPSA) is 62.2 Å². The van der Waals surface area contributed by atoms with Crippen molar-refractivity contribution >= 4 is 17.2 Å². The van der Waals surface area contributed by atoms with Gasteiger partial charge >= 0.3 is 0 Å². The lowest BCUT2D eigenvalue weighted by atomic mass is 10.0. The van der Waals surface area contributed by atoms with Gasteiger partial charge in [-0.15, -0.1) is 11.3 Å². The highest BCUT2D eigenvalue weighted by atomic mass is 32.1. The predicted octanol–water partition coefficient (Wildman–Crippen LogP) is 3.15. The molecule has 1 aromatic heterocycles. The first kappa shape index (κ1) is 17.0. The number of hydrogen-bond acceptors (Lipinski definition) is 4. The van der Waals surface area contributed by atoms with E-state index in [1.54, 1.807) is 18.3 Å². The molecular weight excluding hydrogens is 327 g/mol. The van der Waals surface area contributed by atoms with Crippen molar-refractivity contribution in [3.63, 3.8) is 0 Å². The summed E-state index contributed by atoms with van der Waals surface area (Å²) in [5, 5.41) is 13.7. The summed E-state index contributed by atoms with van der Waals surface area (Å²) in [6.07, 6.45) is 6.07. The van der Waals surface area contributed by atoms with E-state index in [-0.39, 0.29) is 18.3 Å². The first-order valence-electron chi connectivity index (χ1n) is 8.27. The predicted molar refractivity (Wildman–Crippen MR) is 91.6 cm³/mol. The summed E-state index contributed by atoms with van der Waals surface area (Å²) in [6.45, 7) is 0.286. The molecule has 1 aliphatic rings. The molecule has 0 saturated heterocycles. The second-order valence-electron chi connectivity index (χ2n) is 6.24. The minimum Gasteiger partial charge on any atom is -0.391 e. The molecule has 0 radical (unpaired) electrons. The summed E-state index contributed by atoms with van der Waals surface area (Å²) in [4.78, 5) is 17.0. The van der Waals surface area contributed by atoms with Gasteiger partial charge in [0, 0.05) is 13.0 Å². The summed E-state index contributed by atoms with van der Waals surface area (Å²) in [6, 6.07) is 6.27. The number of carbonyl (C=O) groups is 1. The summed E-state index contributed by atoms with van der Waals surface area (Å²) in [7, 11) is 0. The molecule has 1 atom stereocenters. The van der Waals surface area contributed by atoms with Crippen molar-refractivity contribution in [2.45, 2.75) is 38.2 Å². The van der Waals surface area contributed by atoms with Gasteiger partial charge < -0.3 is 10.4 Å². The molecule has 0 aliphatic heterocycles. The van der Waals surface area contributed by atoms with Crippen LogP contribution in [0.1, 0.15) is 45.9 Å². The van der Waals surface area contributed by atoms with Crippen LogP contribution < -0.4 is 5.32 Å². The van der Waals surface area contributed by atoms with Gasteiger partial charge in [0.2, 0.25) is 0 Å². The molecule has 1 amide bonds. The van der Waals surface area contributed by atoms with Crippen LogP contribution in [0.25, 0.3) is 0 Å². The third-order valence-electron chi connectivity index (χ3n) is 4.46. The Morgan fingerprint density at radius 1 is 1.33 bits per heavy atom. The van der Waals surface area contributed by atoms with Gasteiger partial charge in [0.05, 0.1) is 17.3 Å². The molecule has 3 rings (SSSR count). The lowest BCUT2D eigenvalue weighted by Gasteiger charge is -2.17. The number of halogens is 1. The molecular formula is C18H21FN2O2S. The molecule has 1 aromatic carbocycles. The molecule has 1 unspecified atom stereocenters. The number of aliphatic hydroxyl groups excluding tert-OH is 1. The van der Waals surface area contributed by atoms with Crippen molar-refractivity contribution in [3.8, 4) is 0 Å². The molecule has 6 heteroatoms. The number of aliphatic hydroxyl groups is 1. The van der Waals surface area contributed by atoms with Crippen molar-refractivity contribution in [2.75, 3.05) is 6.54 Å². The van der Waals surface area contributed by atoms with E-state index in [2.05, 4.69) is 10.3 Å². The molecule has 24 heavy (non-hydrogen) atoms. The van der Waals surface area contributed by atoms with Crippen molar-refractivity contribution < 1.29 is 14.3 Å². The molecule has 1 aliphatic carbocycles. The van der Waals surface area contributed by atoms with Crippen molar-refractivity contribution in [1.82, 2.24) is 10.3 Å². The second kappa shape index (κ2) is 7.85. The highest BCUT2D eigenvalue weighted by Crippen LogP contribution is 2.27. The fraction of sp³-hybridized carbons (Fsp3) is 0.444. The molecule has 2 N–H and O–H groups in total. The van der Waals surface area contributed by atoms with Gasteiger partial charge in [0.1, 0.15) is 10.7 Å². The minimum atomic E-state index is -0.469. The fourth-order valence-electron chi connectivity index (χ4n) is 3.07. The van der Waals surface area contributed by atoms with Crippen LogP contribution in [0.4, 0.5) is 4.39 Å². The van der Waals surface area contributed by atoms with Gasteiger partial charge in [-0.1, -0.05) is 25.0 Å². The zero-order valence-corrected chi connectivity index (χ0v) is 14.2. The number of thiazole rings is 1. The number of benzene rings is 1. The van der Waals surface area contributed by atoms with Crippen LogP contribution >= 0.6 is 11.3 Å². The fourth-order valence-corrected chi connectivity index (χ4v) is 3.94. The lowest BCUT2D eigenvalue weighted by Crippen LogP contribution is -2.35. The molecule has 0 bridgehead atoms. The number of amides is 1. The van der Waals surface area contributed by atoms with Gasteiger partial charge in [-0.2, -0.15) is 0 Å². The number of rotatable bonds is 6. The maximum Gasteiger partial charge on any atom is 0.263 e. The molecule has 1 heterocycles. The number of aromatic nitrogens is 1. The van der Waals surface area contributed by atoms with Crippen molar-refractivity contribution in [1.29, 1.82) is 0 Å². The Labute approximate surface area is 144 Å². The Hall–Kier alpha value is -1.79. The van der Waals surface area contributed by atoms with Crippen LogP contribution in [0.3, 0.4) is 0 Å². The van der Waals surface area contributed by atoms with E-state index in [9.17, 15) is 14.3 Å². The molecule has 1 fully saturated rings. The first-order valence-corrected chi connectivity index (χ1v) is 9.09. The Balaban J connectivity index is 1.52. The van der Waals surface area contributed by atoms with E-state index >= 15 is 0 Å². The third-order valence-corrected chi connectivity index (χ3v) is 5.46. The molecule has 0 spiro atoms. The maximum absolute atomic E-state index is 12.9. The smallest absolute Gasteiger partial charge is 0.263 e. The van der Waals surface area contributed by atoms with Crippen LogP contribution in [0, 0.1) is 11.7 Å². The Morgan fingerprint density at radius 3 is 2.75 bits per heavy atom. The Morgan fingerprint density at radius 2 is 2.04 bits per heavy atom. The first-order chi connectivity index (χ1) is 11.6. The van der Waals surface area contributed by atoms with Gasteiger partial charge in [-0.3, -0.25) is 4.79 Å². The number of carbonyl (C=O) groups excluding carboxylic acids is 1. The van der Waals surface area contributed by atoms with Gasteiger partial charge in [-0.25, -0.2) is 9.37 Å². The average molecular weight is 348 g/mol. The summed E-state index contributed by atoms with van der Waals surface area (Å²) in [5.74, 6) is -0.158. The van der Waals surface area contributed by atoms with Crippen LogP contribution in [-0.2, 0) is 6.42 Å². The van der Waals surface area contributed by atoms with Gasteiger partial charge in [-0.05, 0) is 36.5 Å². The maximum atomic E-state index is 12.9. The molecule has 128 valence electrons.